The van der Waals surface area contributed by atoms with Crippen molar-refractivity contribution in [3.05, 3.63) is 0 Å². The number of fused-ring (bicyclic) bond motifs is 6. The van der Waals surface area contributed by atoms with Gasteiger partial charge in [0.15, 0.2) is 0 Å². The summed E-state index contributed by atoms with van der Waals surface area (Å²) in [5.41, 5.74) is 0. The van der Waals surface area contributed by atoms with Gasteiger partial charge in [0.1, 0.15) is 0 Å². The fourth-order valence-electron chi connectivity index (χ4n) is 20.8. The van der Waals surface area contributed by atoms with Gasteiger partial charge in [0.2, 0.25) is 0 Å². The Bertz CT molecular complexity index is 1170. The zero-order valence-corrected chi connectivity index (χ0v) is 35.1. The first-order valence-corrected chi connectivity index (χ1v) is 25.9. The highest BCUT2D eigenvalue weighted by Gasteiger charge is 2.71. The molecule has 0 spiro atoms. The van der Waals surface area contributed by atoms with E-state index < -0.39 is 0 Å². The van der Waals surface area contributed by atoms with E-state index in [-0.39, 0.29) is 0 Å². The molecule has 0 N–H and O–H groups in total. The summed E-state index contributed by atoms with van der Waals surface area (Å²) >= 11 is 0. The molecule has 0 bridgehead atoms. The molecule has 11 fully saturated rings. The zero-order chi connectivity index (χ0) is 35.2. The van der Waals surface area contributed by atoms with Gasteiger partial charge in [0.25, 0.3) is 0 Å². The minimum Gasteiger partial charge on any atom is -0.294 e. The first-order valence-electron chi connectivity index (χ1n) is 25.9. The van der Waals surface area contributed by atoms with Crippen molar-refractivity contribution in [2.45, 2.75) is 218 Å². The molecular formula is C52H85N. The quantitative estimate of drug-likeness (QED) is 0.273. The van der Waals surface area contributed by atoms with Gasteiger partial charge in [-0.05, 0) is 171 Å². The molecule has 0 aromatic carbocycles. The third kappa shape index (κ3) is 6.01. The maximum Gasteiger partial charge on any atom is 0.0132 e. The van der Waals surface area contributed by atoms with Crippen LogP contribution in [0.3, 0.4) is 0 Å². The van der Waals surface area contributed by atoms with Crippen molar-refractivity contribution in [2.75, 3.05) is 0 Å². The van der Waals surface area contributed by atoms with E-state index in [4.69, 9.17) is 0 Å². The molecule has 0 radical (unpaired) electrons. The van der Waals surface area contributed by atoms with E-state index in [1.165, 1.54) is 57.3 Å². The van der Waals surface area contributed by atoms with Crippen LogP contribution in [0.15, 0.2) is 0 Å². The van der Waals surface area contributed by atoms with Gasteiger partial charge < -0.3 is 0 Å². The molecule has 11 rings (SSSR count). The van der Waals surface area contributed by atoms with Gasteiger partial charge in [-0.25, -0.2) is 0 Å². The first kappa shape index (κ1) is 36.1. The summed E-state index contributed by atoms with van der Waals surface area (Å²) in [6, 6.07) is 2.75. The third-order valence-corrected chi connectivity index (χ3v) is 21.7. The smallest absolute Gasteiger partial charge is 0.0132 e. The first-order chi connectivity index (χ1) is 26.2. The highest BCUT2D eigenvalue weighted by Crippen LogP contribution is 2.76. The molecule has 0 aromatic heterocycles. The summed E-state index contributed by atoms with van der Waals surface area (Å²) < 4.78 is 0. The Labute approximate surface area is 328 Å². The van der Waals surface area contributed by atoms with Crippen LogP contribution in [0.4, 0.5) is 0 Å². The van der Waals surface area contributed by atoms with Gasteiger partial charge in [0.05, 0.1) is 0 Å². The molecule has 19 atom stereocenters. The number of rotatable bonds is 5. The summed E-state index contributed by atoms with van der Waals surface area (Å²) in [6.45, 7) is 5.25. The topological polar surface area (TPSA) is 3.24 Å². The van der Waals surface area contributed by atoms with E-state index in [0.29, 0.717) is 0 Å². The lowest BCUT2D eigenvalue weighted by atomic mass is 9.47. The second-order valence-corrected chi connectivity index (χ2v) is 23.7. The van der Waals surface area contributed by atoms with Gasteiger partial charge >= 0.3 is 0 Å². The van der Waals surface area contributed by atoms with Crippen LogP contribution in [-0.2, 0) is 0 Å². The molecule has 11 saturated carbocycles. The Morgan fingerprint density at radius 1 is 0.283 bits per heavy atom. The lowest BCUT2D eigenvalue weighted by molar-refractivity contribution is -0.102. The van der Waals surface area contributed by atoms with Crippen LogP contribution in [0.25, 0.3) is 0 Å². The monoisotopic (exact) mass is 724 g/mol. The Kier molecular flexibility index (Phi) is 10.2. The lowest BCUT2D eigenvalue weighted by Gasteiger charge is -2.58. The molecule has 298 valence electrons. The molecule has 1 nitrogen and oxygen atoms in total. The van der Waals surface area contributed by atoms with Crippen molar-refractivity contribution in [3.63, 3.8) is 0 Å². The maximum atomic E-state index is 3.44. The molecule has 0 aliphatic heterocycles. The average Bonchev–Trinajstić information content (AvgIpc) is 3.71. The Balaban J connectivity index is 1.01. The van der Waals surface area contributed by atoms with E-state index in [2.05, 4.69) is 18.7 Å². The van der Waals surface area contributed by atoms with Crippen LogP contribution >= 0.6 is 0 Å². The fourth-order valence-corrected chi connectivity index (χ4v) is 20.8. The minimum atomic E-state index is 0.909. The van der Waals surface area contributed by atoms with Crippen LogP contribution in [0, 0.1) is 107 Å². The van der Waals surface area contributed by atoms with Crippen molar-refractivity contribution in [2.24, 2.45) is 107 Å². The molecule has 0 heterocycles. The second kappa shape index (κ2) is 15.0. The van der Waals surface area contributed by atoms with Crippen LogP contribution in [0.5, 0.6) is 0 Å². The van der Waals surface area contributed by atoms with Gasteiger partial charge in [-0.15, -0.1) is 0 Å². The fraction of sp³-hybridized carbons (Fsp3) is 1.00. The third-order valence-electron chi connectivity index (χ3n) is 21.7. The maximum absolute atomic E-state index is 3.44. The SMILES string of the molecule is CC1CCCC(N(C2CCCC(C)C2)C2CCC3C4C(CCCC42)C2C(C4CCCCC4)C4C5CCCC6CCCC(C65)C4C(C4CCCCC4)C32)C1. The molecule has 11 aliphatic rings. The molecule has 53 heavy (non-hydrogen) atoms. The Morgan fingerprint density at radius 2 is 0.679 bits per heavy atom. The normalized spacial score (nSPS) is 54.5. The van der Waals surface area contributed by atoms with Gasteiger partial charge in [-0.1, -0.05) is 136 Å². The highest BCUT2D eigenvalue weighted by molar-refractivity contribution is 5.19. The zero-order valence-electron chi connectivity index (χ0n) is 35.1. The van der Waals surface area contributed by atoms with Crippen LogP contribution in [0.2, 0.25) is 0 Å². The molecular weight excluding hydrogens is 639 g/mol. The number of nitrogens with zero attached hydrogens (tertiary/aromatic N) is 1. The van der Waals surface area contributed by atoms with E-state index in [0.717, 1.165) is 119 Å². The predicted molar refractivity (Wildman–Crippen MR) is 221 cm³/mol. The molecule has 0 saturated heterocycles. The van der Waals surface area contributed by atoms with E-state index in [1.54, 1.807) is 135 Å². The molecule has 0 amide bonds. The molecule has 1 heteroatoms. The van der Waals surface area contributed by atoms with Gasteiger partial charge in [0, 0.05) is 18.1 Å². The number of hydrogen-bond acceptors (Lipinski definition) is 1. The largest absolute Gasteiger partial charge is 0.294 e. The van der Waals surface area contributed by atoms with Crippen LogP contribution in [-0.4, -0.2) is 23.0 Å². The minimum absolute atomic E-state index is 0.909. The summed E-state index contributed by atoms with van der Waals surface area (Å²) in [5, 5.41) is 0. The molecule has 19 unspecified atom stereocenters. The van der Waals surface area contributed by atoms with E-state index in [9.17, 15) is 0 Å². The average molecular weight is 724 g/mol. The standard InChI is InChI=1S/C52H85N/c1-32-14-9-22-37(30-32)53(38-23-10-15-33(2)31-38)44-29-28-43-48-39(44)24-13-27-42(48)51-46(35-16-5-3-6-17-35)49-40-25-11-20-34-21-12-26-41(45(34)40)50(49)47(52(43)51)36-18-7-4-8-19-36/h32-52H,3-31H2,1-2H3. The molecule has 11 aliphatic carbocycles. The Hall–Kier alpha value is -0.0400. The van der Waals surface area contributed by atoms with Crippen molar-refractivity contribution in [1.29, 1.82) is 0 Å². The second-order valence-electron chi connectivity index (χ2n) is 23.7. The summed E-state index contributed by atoms with van der Waals surface area (Å²) in [6.07, 6.45) is 46.1. The lowest BCUT2D eigenvalue weighted by Crippen LogP contribution is -2.58. The van der Waals surface area contributed by atoms with E-state index >= 15 is 0 Å². The van der Waals surface area contributed by atoms with Gasteiger partial charge in [-0.2, -0.15) is 0 Å². The summed E-state index contributed by atoms with van der Waals surface area (Å²) in [4.78, 5) is 3.44. The van der Waals surface area contributed by atoms with Crippen molar-refractivity contribution in [3.8, 4) is 0 Å². The number of hydrogen-bond donors (Lipinski definition) is 0. The van der Waals surface area contributed by atoms with Crippen molar-refractivity contribution >= 4 is 0 Å². The van der Waals surface area contributed by atoms with Crippen LogP contribution < -0.4 is 0 Å². The molecule has 0 aromatic rings. The Morgan fingerprint density at radius 3 is 1.19 bits per heavy atom. The van der Waals surface area contributed by atoms with Gasteiger partial charge in [-0.3, -0.25) is 4.90 Å². The summed E-state index contributed by atoms with van der Waals surface area (Å²) in [5.74, 6) is 20.0. The van der Waals surface area contributed by atoms with Crippen LogP contribution in [0.1, 0.15) is 200 Å². The van der Waals surface area contributed by atoms with Crippen molar-refractivity contribution in [1.82, 2.24) is 4.90 Å². The summed E-state index contributed by atoms with van der Waals surface area (Å²) in [7, 11) is 0. The van der Waals surface area contributed by atoms with E-state index in [1.807, 2.05) is 0 Å². The predicted octanol–water partition coefficient (Wildman–Crippen LogP) is 14.0. The van der Waals surface area contributed by atoms with Crippen molar-refractivity contribution < 1.29 is 0 Å². The highest BCUT2D eigenvalue weighted by atomic mass is 15.2.